The van der Waals surface area contributed by atoms with Crippen LogP contribution in [0.3, 0.4) is 0 Å². The molecular weight excluding hydrogens is 334 g/mol. The van der Waals surface area contributed by atoms with E-state index in [1.165, 1.54) is 22.1 Å². The standard InChI is InChI=1S/C23H23N3O/c1-13-10-19-20-18(9-6-14(2)21(20)26-22(19)24-12-13)15-4-3-5-16(11-15)23(27)25-17-7-8-17/h3-6,9,11-13,17,26H,7-8,10H2,1-2H3,(H,25,27). The number of aromatic amines is 1. The van der Waals surface area contributed by atoms with E-state index in [9.17, 15) is 4.79 Å². The van der Waals surface area contributed by atoms with Gasteiger partial charge in [-0.25, -0.2) is 4.99 Å². The molecule has 5 rings (SSSR count). The lowest BCUT2D eigenvalue weighted by Gasteiger charge is -2.13. The fourth-order valence-electron chi connectivity index (χ4n) is 3.94. The molecule has 0 radical (unpaired) electrons. The lowest BCUT2D eigenvalue weighted by Crippen LogP contribution is -2.25. The Hall–Kier alpha value is -2.88. The third-order valence-corrected chi connectivity index (χ3v) is 5.58. The van der Waals surface area contributed by atoms with Crippen molar-refractivity contribution >= 4 is 28.8 Å². The van der Waals surface area contributed by atoms with Gasteiger partial charge in [0.05, 0.1) is 5.52 Å². The van der Waals surface area contributed by atoms with Crippen LogP contribution in [0, 0.1) is 12.8 Å². The Morgan fingerprint density at radius 1 is 1.22 bits per heavy atom. The topological polar surface area (TPSA) is 57.2 Å². The number of hydrogen-bond acceptors (Lipinski definition) is 2. The molecule has 4 nitrogen and oxygen atoms in total. The molecule has 1 aliphatic carbocycles. The SMILES string of the molecule is Cc1ccc(-c2cccc(C(=O)NC3CC3)c2)c2c3c([nH]c12)N=CC(C)C3. The van der Waals surface area contributed by atoms with Crippen LogP contribution < -0.4 is 5.32 Å². The molecule has 4 heteroatoms. The normalized spacial score (nSPS) is 18.5. The van der Waals surface area contributed by atoms with Gasteiger partial charge in [0.25, 0.3) is 5.91 Å². The second-order valence-corrected chi connectivity index (χ2v) is 7.92. The summed E-state index contributed by atoms with van der Waals surface area (Å²) in [6.07, 6.45) is 5.20. The smallest absolute Gasteiger partial charge is 0.251 e. The number of carbonyl (C=O) groups is 1. The summed E-state index contributed by atoms with van der Waals surface area (Å²) in [5.41, 5.74) is 6.62. The highest BCUT2D eigenvalue weighted by Crippen LogP contribution is 2.40. The molecule has 1 amide bonds. The lowest BCUT2D eigenvalue weighted by atomic mass is 9.92. The zero-order valence-corrected chi connectivity index (χ0v) is 15.7. The van der Waals surface area contributed by atoms with Gasteiger partial charge in [0.1, 0.15) is 5.82 Å². The van der Waals surface area contributed by atoms with E-state index in [1.54, 1.807) is 0 Å². The van der Waals surface area contributed by atoms with Gasteiger partial charge in [0.2, 0.25) is 0 Å². The molecule has 0 saturated heterocycles. The molecule has 3 aromatic rings. The van der Waals surface area contributed by atoms with E-state index in [0.717, 1.165) is 41.7 Å². The van der Waals surface area contributed by atoms with Gasteiger partial charge in [-0.05, 0) is 60.9 Å². The number of nitrogens with zero attached hydrogens (tertiary/aromatic N) is 1. The average molecular weight is 357 g/mol. The Kier molecular flexibility index (Phi) is 3.67. The molecule has 1 atom stereocenters. The minimum Gasteiger partial charge on any atom is -0.349 e. The summed E-state index contributed by atoms with van der Waals surface area (Å²) in [5.74, 6) is 1.43. The number of nitrogens with one attached hydrogen (secondary N) is 2. The Morgan fingerprint density at radius 3 is 2.89 bits per heavy atom. The van der Waals surface area contributed by atoms with Crippen LogP contribution in [0.15, 0.2) is 41.4 Å². The van der Waals surface area contributed by atoms with Gasteiger partial charge in [0, 0.05) is 28.8 Å². The number of benzene rings is 2. The molecule has 2 aliphatic rings. The molecule has 1 aliphatic heterocycles. The lowest BCUT2D eigenvalue weighted by molar-refractivity contribution is 0.0951. The maximum atomic E-state index is 12.5. The summed E-state index contributed by atoms with van der Waals surface area (Å²) in [5, 5.41) is 4.33. The number of aryl methyl sites for hydroxylation is 1. The zero-order chi connectivity index (χ0) is 18.5. The predicted octanol–water partition coefficient (Wildman–Crippen LogP) is 4.93. The van der Waals surface area contributed by atoms with Gasteiger partial charge in [-0.3, -0.25) is 4.79 Å². The fraction of sp³-hybridized carbons (Fsp3) is 0.304. The molecule has 0 bridgehead atoms. The zero-order valence-electron chi connectivity index (χ0n) is 15.7. The number of aromatic nitrogens is 1. The highest BCUT2D eigenvalue weighted by atomic mass is 16.1. The third-order valence-electron chi connectivity index (χ3n) is 5.58. The van der Waals surface area contributed by atoms with Crippen molar-refractivity contribution in [2.24, 2.45) is 10.9 Å². The molecule has 1 aromatic heterocycles. The van der Waals surface area contributed by atoms with Crippen LogP contribution in [0.1, 0.15) is 41.3 Å². The Morgan fingerprint density at radius 2 is 2.07 bits per heavy atom. The highest BCUT2D eigenvalue weighted by Gasteiger charge is 2.24. The predicted molar refractivity (Wildman–Crippen MR) is 110 cm³/mol. The number of fused-ring (bicyclic) bond motifs is 3. The first kappa shape index (κ1) is 16.3. The Labute approximate surface area is 158 Å². The van der Waals surface area contributed by atoms with Crippen molar-refractivity contribution in [2.75, 3.05) is 0 Å². The van der Waals surface area contributed by atoms with E-state index < -0.39 is 0 Å². The minimum atomic E-state index is 0.0250. The first-order valence-corrected chi connectivity index (χ1v) is 9.70. The van der Waals surface area contributed by atoms with E-state index >= 15 is 0 Å². The van der Waals surface area contributed by atoms with Gasteiger partial charge in [0.15, 0.2) is 0 Å². The van der Waals surface area contributed by atoms with Crippen molar-refractivity contribution in [3.8, 4) is 11.1 Å². The number of rotatable bonds is 3. The van der Waals surface area contributed by atoms with Crippen LogP contribution in [0.4, 0.5) is 5.82 Å². The van der Waals surface area contributed by atoms with Gasteiger partial charge < -0.3 is 10.3 Å². The van der Waals surface area contributed by atoms with Crippen LogP contribution in [0.2, 0.25) is 0 Å². The van der Waals surface area contributed by atoms with Gasteiger partial charge in [-0.1, -0.05) is 31.2 Å². The molecule has 1 fully saturated rings. The van der Waals surface area contributed by atoms with Crippen molar-refractivity contribution in [1.29, 1.82) is 0 Å². The van der Waals surface area contributed by atoms with Crippen molar-refractivity contribution < 1.29 is 4.79 Å². The summed E-state index contributed by atoms with van der Waals surface area (Å²) in [4.78, 5) is 20.6. The summed E-state index contributed by atoms with van der Waals surface area (Å²) in [6, 6.07) is 12.7. The van der Waals surface area contributed by atoms with Crippen LogP contribution in [0.25, 0.3) is 22.0 Å². The number of aliphatic imine (C=N–C) groups is 1. The van der Waals surface area contributed by atoms with E-state index in [1.807, 2.05) is 24.4 Å². The highest BCUT2D eigenvalue weighted by molar-refractivity contribution is 6.04. The molecule has 27 heavy (non-hydrogen) atoms. The van der Waals surface area contributed by atoms with E-state index in [4.69, 9.17) is 0 Å². The molecule has 2 aromatic carbocycles. The maximum Gasteiger partial charge on any atom is 0.251 e. The molecule has 2 N–H and O–H groups in total. The Balaban J connectivity index is 1.65. The summed E-state index contributed by atoms with van der Waals surface area (Å²) >= 11 is 0. The molecule has 1 saturated carbocycles. The van der Waals surface area contributed by atoms with E-state index in [-0.39, 0.29) is 5.91 Å². The molecule has 1 unspecified atom stereocenters. The van der Waals surface area contributed by atoms with Crippen molar-refractivity contribution in [1.82, 2.24) is 10.3 Å². The number of hydrogen-bond donors (Lipinski definition) is 2. The molecule has 136 valence electrons. The number of amides is 1. The van der Waals surface area contributed by atoms with Crippen molar-refractivity contribution in [2.45, 2.75) is 39.2 Å². The average Bonchev–Trinajstić information content (AvgIpc) is 3.40. The van der Waals surface area contributed by atoms with Gasteiger partial charge in [-0.15, -0.1) is 0 Å². The second-order valence-electron chi connectivity index (χ2n) is 7.92. The molecular formula is C23H23N3O. The van der Waals surface area contributed by atoms with Crippen molar-refractivity contribution in [3.63, 3.8) is 0 Å². The van der Waals surface area contributed by atoms with Gasteiger partial charge >= 0.3 is 0 Å². The van der Waals surface area contributed by atoms with Crippen LogP contribution in [-0.2, 0) is 6.42 Å². The Bertz CT molecular complexity index is 1090. The first-order chi connectivity index (χ1) is 13.1. The summed E-state index contributed by atoms with van der Waals surface area (Å²) in [6.45, 7) is 4.32. The summed E-state index contributed by atoms with van der Waals surface area (Å²) in [7, 11) is 0. The fourth-order valence-corrected chi connectivity index (χ4v) is 3.94. The third kappa shape index (κ3) is 2.85. The largest absolute Gasteiger partial charge is 0.349 e. The quantitative estimate of drug-likeness (QED) is 0.686. The second kappa shape index (κ2) is 6.08. The number of H-pyrrole nitrogens is 1. The first-order valence-electron chi connectivity index (χ1n) is 9.70. The van der Waals surface area contributed by atoms with E-state index in [2.05, 4.69) is 47.3 Å². The monoisotopic (exact) mass is 357 g/mol. The number of carbonyl (C=O) groups excluding carboxylic acids is 1. The van der Waals surface area contributed by atoms with Crippen LogP contribution >= 0.6 is 0 Å². The maximum absolute atomic E-state index is 12.5. The van der Waals surface area contributed by atoms with E-state index in [0.29, 0.717) is 12.0 Å². The molecule has 2 heterocycles. The molecule has 0 spiro atoms. The van der Waals surface area contributed by atoms with Crippen LogP contribution in [-0.4, -0.2) is 23.1 Å². The summed E-state index contributed by atoms with van der Waals surface area (Å²) < 4.78 is 0. The van der Waals surface area contributed by atoms with Crippen LogP contribution in [0.5, 0.6) is 0 Å². The van der Waals surface area contributed by atoms with Gasteiger partial charge in [-0.2, -0.15) is 0 Å². The van der Waals surface area contributed by atoms with Crippen molar-refractivity contribution in [3.05, 3.63) is 53.1 Å². The minimum absolute atomic E-state index is 0.0250.